The highest BCUT2D eigenvalue weighted by Crippen LogP contribution is 2.32. The van der Waals surface area contributed by atoms with Crippen LogP contribution in [0.2, 0.25) is 0 Å². The molecule has 1 aromatic heterocycles. The van der Waals surface area contributed by atoms with Gasteiger partial charge in [-0.15, -0.1) is 0 Å². The second-order valence-electron chi connectivity index (χ2n) is 3.05. The number of hydrogen-bond acceptors (Lipinski definition) is 5. The largest absolute Gasteiger partial charge is 0.497 e. The van der Waals surface area contributed by atoms with Crippen molar-refractivity contribution in [2.24, 2.45) is 0 Å². The van der Waals surface area contributed by atoms with Crippen molar-refractivity contribution < 1.29 is 4.74 Å². The van der Waals surface area contributed by atoms with Crippen LogP contribution in [0, 0.1) is 0 Å². The summed E-state index contributed by atoms with van der Waals surface area (Å²) in [7, 11) is 1.63. The van der Waals surface area contributed by atoms with E-state index >= 15 is 0 Å². The van der Waals surface area contributed by atoms with E-state index in [1.54, 1.807) is 25.7 Å². The van der Waals surface area contributed by atoms with Crippen molar-refractivity contribution in [1.82, 2.24) is 9.97 Å². The summed E-state index contributed by atoms with van der Waals surface area (Å²) in [5.74, 6) is 0.778. The van der Waals surface area contributed by atoms with Gasteiger partial charge < -0.3 is 10.5 Å². The lowest BCUT2D eigenvalue weighted by Crippen LogP contribution is -1.91. The highest BCUT2D eigenvalue weighted by atomic mass is 32.2. The number of hydrogen-bond donors (Lipinski definition) is 1. The van der Waals surface area contributed by atoms with Crippen LogP contribution in [0.15, 0.2) is 46.7 Å². The number of aromatic nitrogens is 2. The summed E-state index contributed by atoms with van der Waals surface area (Å²) in [6.07, 6.45) is 4.99. The molecule has 1 aromatic carbocycles. The fourth-order valence-corrected chi connectivity index (χ4v) is 1.99. The lowest BCUT2D eigenvalue weighted by Gasteiger charge is -2.06. The van der Waals surface area contributed by atoms with E-state index in [4.69, 9.17) is 10.5 Å². The van der Waals surface area contributed by atoms with E-state index in [0.717, 1.165) is 15.7 Å². The Labute approximate surface area is 97.9 Å². The Balaban J connectivity index is 2.27. The summed E-state index contributed by atoms with van der Waals surface area (Å²) in [6, 6.07) is 5.53. The molecule has 0 bridgehead atoms. The van der Waals surface area contributed by atoms with Crippen molar-refractivity contribution >= 4 is 17.4 Å². The maximum Gasteiger partial charge on any atom is 0.120 e. The Morgan fingerprint density at radius 3 is 2.88 bits per heavy atom. The topological polar surface area (TPSA) is 61.0 Å². The first-order valence-electron chi connectivity index (χ1n) is 4.67. The number of anilines is 1. The van der Waals surface area contributed by atoms with Gasteiger partial charge in [0.15, 0.2) is 0 Å². The molecule has 0 aliphatic rings. The summed E-state index contributed by atoms with van der Waals surface area (Å²) in [4.78, 5) is 9.09. The Bertz CT molecular complexity index is 476. The van der Waals surface area contributed by atoms with E-state index in [1.165, 1.54) is 11.8 Å². The standard InChI is InChI=1S/C11H11N3OS/c1-15-8-2-3-9(12)10(6-8)16-11-7-13-4-5-14-11/h2-7H,12H2,1H3. The molecule has 0 radical (unpaired) electrons. The number of methoxy groups -OCH3 is 1. The van der Waals surface area contributed by atoms with Gasteiger partial charge in [0.05, 0.1) is 13.3 Å². The summed E-state index contributed by atoms with van der Waals surface area (Å²) < 4.78 is 5.14. The molecule has 1 heterocycles. The van der Waals surface area contributed by atoms with Gasteiger partial charge in [0.2, 0.25) is 0 Å². The normalized spacial score (nSPS) is 10.1. The average Bonchev–Trinajstić information content (AvgIpc) is 2.33. The SMILES string of the molecule is COc1ccc(N)c(Sc2cnccn2)c1. The van der Waals surface area contributed by atoms with Crippen LogP contribution in [0.5, 0.6) is 5.75 Å². The highest BCUT2D eigenvalue weighted by molar-refractivity contribution is 7.99. The molecule has 82 valence electrons. The van der Waals surface area contributed by atoms with Crippen LogP contribution in [0.4, 0.5) is 5.69 Å². The number of nitrogens with zero attached hydrogens (tertiary/aromatic N) is 2. The van der Waals surface area contributed by atoms with Gasteiger partial charge in [0.25, 0.3) is 0 Å². The van der Waals surface area contributed by atoms with Gasteiger partial charge in [-0.3, -0.25) is 4.98 Å². The van der Waals surface area contributed by atoms with Crippen molar-refractivity contribution in [2.45, 2.75) is 9.92 Å². The van der Waals surface area contributed by atoms with Gasteiger partial charge in [-0.1, -0.05) is 11.8 Å². The monoisotopic (exact) mass is 233 g/mol. The van der Waals surface area contributed by atoms with Gasteiger partial charge in [-0.2, -0.15) is 0 Å². The quantitative estimate of drug-likeness (QED) is 0.824. The minimum absolute atomic E-state index is 0.705. The van der Waals surface area contributed by atoms with Crippen LogP contribution in [0.1, 0.15) is 0 Å². The lowest BCUT2D eigenvalue weighted by atomic mass is 10.3. The first-order valence-corrected chi connectivity index (χ1v) is 5.48. The molecule has 0 aliphatic heterocycles. The Morgan fingerprint density at radius 2 is 2.19 bits per heavy atom. The fraction of sp³-hybridized carbons (Fsp3) is 0.0909. The molecule has 2 aromatic rings. The lowest BCUT2D eigenvalue weighted by molar-refractivity contribution is 0.414. The van der Waals surface area contributed by atoms with Crippen molar-refractivity contribution in [2.75, 3.05) is 12.8 Å². The van der Waals surface area contributed by atoms with Gasteiger partial charge in [0, 0.05) is 23.0 Å². The van der Waals surface area contributed by atoms with E-state index in [-0.39, 0.29) is 0 Å². The van der Waals surface area contributed by atoms with E-state index < -0.39 is 0 Å². The average molecular weight is 233 g/mol. The molecule has 2 rings (SSSR count). The first kappa shape index (κ1) is 10.8. The fourth-order valence-electron chi connectivity index (χ4n) is 1.18. The predicted octanol–water partition coefficient (Wildman–Crippen LogP) is 2.22. The number of rotatable bonds is 3. The zero-order valence-electron chi connectivity index (χ0n) is 8.75. The van der Waals surface area contributed by atoms with Gasteiger partial charge in [-0.25, -0.2) is 4.98 Å². The van der Waals surface area contributed by atoms with Gasteiger partial charge >= 0.3 is 0 Å². The maximum atomic E-state index is 5.87. The second kappa shape index (κ2) is 4.85. The molecule has 0 atom stereocenters. The van der Waals surface area contributed by atoms with Crippen molar-refractivity contribution in [1.29, 1.82) is 0 Å². The van der Waals surface area contributed by atoms with Crippen molar-refractivity contribution in [3.63, 3.8) is 0 Å². The molecule has 0 unspecified atom stereocenters. The number of benzene rings is 1. The molecule has 0 saturated carbocycles. The molecule has 0 aliphatic carbocycles. The first-order chi connectivity index (χ1) is 7.79. The number of nitrogen functional groups attached to an aromatic ring is 1. The van der Waals surface area contributed by atoms with Gasteiger partial charge in [-0.05, 0) is 18.2 Å². The van der Waals surface area contributed by atoms with E-state index in [9.17, 15) is 0 Å². The minimum Gasteiger partial charge on any atom is -0.497 e. The van der Waals surface area contributed by atoms with Crippen LogP contribution in [0.25, 0.3) is 0 Å². The molecular formula is C11H11N3OS. The molecular weight excluding hydrogens is 222 g/mol. The molecule has 16 heavy (non-hydrogen) atoms. The Morgan fingerprint density at radius 1 is 1.31 bits per heavy atom. The third kappa shape index (κ3) is 2.43. The number of nitrogens with two attached hydrogens (primary N) is 1. The van der Waals surface area contributed by atoms with Crippen LogP contribution in [-0.2, 0) is 0 Å². The van der Waals surface area contributed by atoms with Crippen molar-refractivity contribution in [3.8, 4) is 5.75 Å². The summed E-state index contributed by atoms with van der Waals surface area (Å²) in [5, 5.41) is 0.808. The highest BCUT2D eigenvalue weighted by Gasteiger charge is 2.04. The number of ether oxygens (including phenoxy) is 1. The van der Waals surface area contributed by atoms with E-state index in [2.05, 4.69) is 9.97 Å². The summed E-state index contributed by atoms with van der Waals surface area (Å²) in [6.45, 7) is 0. The smallest absolute Gasteiger partial charge is 0.120 e. The molecule has 0 fully saturated rings. The van der Waals surface area contributed by atoms with Crippen LogP contribution in [-0.4, -0.2) is 17.1 Å². The van der Waals surface area contributed by atoms with E-state index in [0.29, 0.717) is 5.69 Å². The zero-order chi connectivity index (χ0) is 11.4. The summed E-state index contributed by atoms with van der Waals surface area (Å²) >= 11 is 1.47. The Kier molecular flexibility index (Phi) is 3.26. The maximum absolute atomic E-state index is 5.87. The third-order valence-corrected chi connectivity index (χ3v) is 2.97. The zero-order valence-corrected chi connectivity index (χ0v) is 9.57. The molecule has 0 spiro atoms. The van der Waals surface area contributed by atoms with Crippen LogP contribution >= 0.6 is 11.8 Å². The third-order valence-electron chi connectivity index (χ3n) is 1.97. The molecule has 0 amide bonds. The second-order valence-corrected chi connectivity index (χ2v) is 4.11. The molecule has 2 N–H and O–H groups in total. The predicted molar refractivity (Wildman–Crippen MR) is 63.6 cm³/mol. The molecule has 5 heteroatoms. The van der Waals surface area contributed by atoms with E-state index in [1.807, 2.05) is 18.2 Å². The van der Waals surface area contributed by atoms with Crippen molar-refractivity contribution in [3.05, 3.63) is 36.8 Å². The Hall–Kier alpha value is -1.75. The van der Waals surface area contributed by atoms with Gasteiger partial charge in [0.1, 0.15) is 10.8 Å². The summed E-state index contributed by atoms with van der Waals surface area (Å²) in [5.41, 5.74) is 6.57. The minimum atomic E-state index is 0.705. The molecule has 0 saturated heterocycles. The van der Waals surface area contributed by atoms with Crippen LogP contribution < -0.4 is 10.5 Å². The molecule has 4 nitrogen and oxygen atoms in total. The van der Waals surface area contributed by atoms with Crippen LogP contribution in [0.3, 0.4) is 0 Å².